The van der Waals surface area contributed by atoms with E-state index in [4.69, 9.17) is 4.42 Å². The number of carbonyl (C=O) groups is 1. The fraction of sp³-hybridized carbons (Fsp3) is 0.154. The molecule has 0 saturated heterocycles. The second kappa shape index (κ2) is 4.94. The number of carboxylic acid groups (broad SMARTS) is 1. The van der Waals surface area contributed by atoms with Crippen molar-refractivity contribution in [3.63, 3.8) is 0 Å². The average molecular weight is 313 g/mol. The number of rotatable bonds is 3. The number of hydrogen-bond acceptors (Lipinski definition) is 2. The number of furan rings is 1. The Morgan fingerprint density at radius 2 is 2.00 bits per heavy atom. The van der Waals surface area contributed by atoms with Gasteiger partial charge < -0.3 is 9.52 Å². The maximum absolute atomic E-state index is 12.9. The van der Waals surface area contributed by atoms with Crippen LogP contribution in [0.4, 0.5) is 4.39 Å². The molecule has 94 valence electrons. The van der Waals surface area contributed by atoms with Crippen molar-refractivity contribution >= 4 is 21.9 Å². The van der Waals surface area contributed by atoms with Crippen LogP contribution in [-0.4, -0.2) is 11.1 Å². The summed E-state index contributed by atoms with van der Waals surface area (Å²) in [6.45, 7) is 1.84. The molecule has 18 heavy (non-hydrogen) atoms. The van der Waals surface area contributed by atoms with Crippen LogP contribution in [0.5, 0.6) is 0 Å². The van der Waals surface area contributed by atoms with Gasteiger partial charge in [0.25, 0.3) is 0 Å². The minimum absolute atomic E-state index is 0.121. The number of hydrogen-bond donors (Lipinski definition) is 1. The molecule has 0 radical (unpaired) electrons. The highest BCUT2D eigenvalue weighted by molar-refractivity contribution is 9.10. The zero-order valence-corrected chi connectivity index (χ0v) is 11.1. The van der Waals surface area contributed by atoms with Gasteiger partial charge in [0.2, 0.25) is 0 Å². The topological polar surface area (TPSA) is 50.4 Å². The van der Waals surface area contributed by atoms with Crippen molar-refractivity contribution in [3.8, 4) is 11.3 Å². The Morgan fingerprint density at radius 1 is 1.39 bits per heavy atom. The average Bonchev–Trinajstić information content (AvgIpc) is 2.67. The summed E-state index contributed by atoms with van der Waals surface area (Å²) in [4.78, 5) is 11.3. The molecule has 0 fully saturated rings. The lowest BCUT2D eigenvalue weighted by atomic mass is 10.0. The van der Waals surface area contributed by atoms with Crippen molar-refractivity contribution < 1.29 is 18.7 Å². The first-order valence-corrected chi connectivity index (χ1v) is 6.14. The zero-order valence-electron chi connectivity index (χ0n) is 9.54. The van der Waals surface area contributed by atoms with E-state index in [1.807, 2.05) is 6.92 Å². The largest absolute Gasteiger partial charge is 0.478 e. The Balaban J connectivity index is 2.64. The summed E-state index contributed by atoms with van der Waals surface area (Å²) in [6.07, 6.45) is 0.535. The molecule has 5 heteroatoms. The first-order chi connectivity index (χ1) is 8.54. The molecule has 0 aliphatic heterocycles. The molecule has 0 spiro atoms. The second-order valence-electron chi connectivity index (χ2n) is 3.72. The molecule has 0 aliphatic carbocycles. The van der Waals surface area contributed by atoms with Crippen LogP contribution in [0, 0.1) is 5.82 Å². The van der Waals surface area contributed by atoms with Crippen LogP contribution < -0.4 is 0 Å². The van der Waals surface area contributed by atoms with Gasteiger partial charge in [-0.05, 0) is 46.6 Å². The monoisotopic (exact) mass is 312 g/mol. The Hall–Kier alpha value is -1.62. The van der Waals surface area contributed by atoms with Crippen molar-refractivity contribution in [2.45, 2.75) is 13.3 Å². The van der Waals surface area contributed by atoms with Crippen molar-refractivity contribution in [2.24, 2.45) is 0 Å². The molecule has 0 bridgehead atoms. The van der Waals surface area contributed by atoms with E-state index >= 15 is 0 Å². The van der Waals surface area contributed by atoms with Crippen LogP contribution in [0.15, 0.2) is 33.4 Å². The summed E-state index contributed by atoms with van der Waals surface area (Å²) in [5, 5.41) is 9.25. The van der Waals surface area contributed by atoms with Crippen LogP contribution in [0.25, 0.3) is 11.3 Å². The molecule has 0 atom stereocenters. The van der Waals surface area contributed by atoms with E-state index in [-0.39, 0.29) is 17.1 Å². The third-order valence-corrected chi connectivity index (χ3v) is 3.27. The van der Waals surface area contributed by atoms with Gasteiger partial charge in [-0.15, -0.1) is 0 Å². The number of halogens is 2. The molecule has 3 nitrogen and oxygen atoms in total. The molecule has 2 rings (SSSR count). The van der Waals surface area contributed by atoms with E-state index in [1.54, 1.807) is 0 Å². The van der Waals surface area contributed by atoms with Gasteiger partial charge >= 0.3 is 5.97 Å². The third kappa shape index (κ3) is 2.18. The van der Waals surface area contributed by atoms with E-state index in [2.05, 4.69) is 15.9 Å². The summed E-state index contributed by atoms with van der Waals surface area (Å²) in [6, 6.07) is 5.52. The SMILES string of the molecule is CCc1c(Br)oc(-c2ccc(F)cc2)c1C(=O)O. The summed E-state index contributed by atoms with van der Waals surface area (Å²) in [5.41, 5.74) is 1.26. The van der Waals surface area contributed by atoms with Crippen LogP contribution in [0.3, 0.4) is 0 Å². The molecule has 0 aliphatic rings. The predicted octanol–water partition coefficient (Wildman–Crippen LogP) is 4.11. The standard InChI is InChI=1S/C13H10BrFO3/c1-2-9-10(13(16)17)11(18-12(9)14)7-3-5-8(15)6-4-7/h3-6H,2H2,1H3,(H,16,17). The zero-order chi connectivity index (χ0) is 13.3. The molecule has 2 aromatic rings. The van der Waals surface area contributed by atoms with Gasteiger partial charge in [0.1, 0.15) is 17.1 Å². The van der Waals surface area contributed by atoms with E-state index in [0.29, 0.717) is 22.2 Å². The minimum atomic E-state index is -1.05. The lowest BCUT2D eigenvalue weighted by Crippen LogP contribution is -2.00. The van der Waals surface area contributed by atoms with Crippen LogP contribution in [0.1, 0.15) is 22.8 Å². The molecule has 1 aromatic carbocycles. The Kier molecular flexibility index (Phi) is 3.52. The van der Waals surface area contributed by atoms with Crippen molar-refractivity contribution in [2.75, 3.05) is 0 Å². The lowest BCUT2D eigenvalue weighted by Gasteiger charge is -2.00. The molecular weight excluding hydrogens is 303 g/mol. The van der Waals surface area contributed by atoms with Gasteiger partial charge in [-0.1, -0.05) is 6.92 Å². The lowest BCUT2D eigenvalue weighted by molar-refractivity contribution is 0.0696. The molecule has 0 amide bonds. The molecule has 1 N–H and O–H groups in total. The van der Waals surface area contributed by atoms with E-state index in [0.717, 1.165) is 0 Å². The number of aromatic carboxylic acids is 1. The highest BCUT2D eigenvalue weighted by Gasteiger charge is 2.24. The third-order valence-electron chi connectivity index (χ3n) is 2.63. The number of benzene rings is 1. The quantitative estimate of drug-likeness (QED) is 0.928. The van der Waals surface area contributed by atoms with Gasteiger partial charge in [-0.2, -0.15) is 0 Å². The predicted molar refractivity (Wildman–Crippen MR) is 68.1 cm³/mol. The van der Waals surface area contributed by atoms with Gasteiger partial charge in [0, 0.05) is 11.1 Å². The minimum Gasteiger partial charge on any atom is -0.478 e. The van der Waals surface area contributed by atoms with Crippen molar-refractivity contribution in [1.82, 2.24) is 0 Å². The van der Waals surface area contributed by atoms with Gasteiger partial charge in [0.05, 0.1) is 0 Å². The fourth-order valence-electron chi connectivity index (χ4n) is 1.78. The maximum Gasteiger partial charge on any atom is 0.339 e. The van der Waals surface area contributed by atoms with Crippen LogP contribution in [0.2, 0.25) is 0 Å². The first kappa shape index (κ1) is 12.8. The molecule has 0 saturated carbocycles. The normalized spacial score (nSPS) is 10.6. The van der Waals surface area contributed by atoms with E-state index in [1.165, 1.54) is 24.3 Å². The first-order valence-electron chi connectivity index (χ1n) is 5.35. The highest BCUT2D eigenvalue weighted by Crippen LogP contribution is 2.35. The maximum atomic E-state index is 12.9. The van der Waals surface area contributed by atoms with Gasteiger partial charge in [-0.3, -0.25) is 0 Å². The fourth-order valence-corrected chi connectivity index (χ4v) is 2.42. The van der Waals surface area contributed by atoms with Crippen molar-refractivity contribution in [1.29, 1.82) is 0 Å². The second-order valence-corrected chi connectivity index (χ2v) is 4.44. The Bertz CT molecular complexity index is 587. The van der Waals surface area contributed by atoms with Crippen molar-refractivity contribution in [3.05, 3.63) is 45.9 Å². The molecule has 0 unspecified atom stereocenters. The van der Waals surface area contributed by atoms with Crippen LogP contribution >= 0.6 is 15.9 Å². The summed E-state index contributed by atoms with van der Waals surface area (Å²) < 4.78 is 18.7. The summed E-state index contributed by atoms with van der Waals surface area (Å²) in [5.74, 6) is -1.19. The van der Waals surface area contributed by atoms with Gasteiger partial charge in [-0.25, -0.2) is 9.18 Å². The molecular formula is C13H10BrFO3. The van der Waals surface area contributed by atoms with E-state index < -0.39 is 5.97 Å². The van der Waals surface area contributed by atoms with E-state index in [9.17, 15) is 14.3 Å². The molecule has 1 heterocycles. The summed E-state index contributed by atoms with van der Waals surface area (Å²) >= 11 is 3.20. The Labute approximate surface area is 111 Å². The smallest absolute Gasteiger partial charge is 0.339 e. The number of carboxylic acids is 1. The Morgan fingerprint density at radius 3 is 2.50 bits per heavy atom. The van der Waals surface area contributed by atoms with Gasteiger partial charge in [0.15, 0.2) is 4.67 Å². The highest BCUT2D eigenvalue weighted by atomic mass is 79.9. The molecule has 1 aromatic heterocycles. The van der Waals surface area contributed by atoms with Crippen LogP contribution in [-0.2, 0) is 6.42 Å². The summed E-state index contributed by atoms with van der Waals surface area (Å²) in [7, 11) is 0.